The lowest BCUT2D eigenvalue weighted by atomic mass is 9.91. The number of carbonyl (C=O) groups is 2. The lowest BCUT2D eigenvalue weighted by Gasteiger charge is -2.33. The van der Waals surface area contributed by atoms with Crippen molar-refractivity contribution in [3.8, 4) is 0 Å². The van der Waals surface area contributed by atoms with E-state index < -0.39 is 5.91 Å². The van der Waals surface area contributed by atoms with Gasteiger partial charge < -0.3 is 21.3 Å². The zero-order valence-corrected chi connectivity index (χ0v) is 20.4. The first kappa shape index (κ1) is 23.6. The van der Waals surface area contributed by atoms with Gasteiger partial charge in [0, 0.05) is 42.6 Å². The van der Waals surface area contributed by atoms with Crippen LogP contribution in [0.25, 0.3) is 0 Å². The summed E-state index contributed by atoms with van der Waals surface area (Å²) in [5.41, 5.74) is 7.16. The van der Waals surface area contributed by atoms with Crippen LogP contribution in [-0.2, 0) is 5.41 Å². The van der Waals surface area contributed by atoms with Gasteiger partial charge in [-0.1, -0.05) is 38.2 Å². The third kappa shape index (κ3) is 5.51. The van der Waals surface area contributed by atoms with Crippen LogP contribution < -0.4 is 21.3 Å². The summed E-state index contributed by atoms with van der Waals surface area (Å²) in [4.78, 5) is 40.1. The van der Waals surface area contributed by atoms with E-state index in [9.17, 15) is 9.59 Å². The number of rotatable bonds is 6. The van der Waals surface area contributed by atoms with E-state index >= 15 is 0 Å². The van der Waals surface area contributed by atoms with Gasteiger partial charge >= 0.3 is 0 Å². The highest BCUT2D eigenvalue weighted by atomic mass is 32.1. The molecule has 4 N–H and O–H groups in total. The van der Waals surface area contributed by atoms with E-state index in [2.05, 4.69) is 51.3 Å². The predicted octanol–water partition coefficient (Wildman–Crippen LogP) is 3.47. The van der Waals surface area contributed by atoms with Gasteiger partial charge in [0.1, 0.15) is 10.8 Å². The Hall–Kier alpha value is -3.53. The molecule has 1 unspecified atom stereocenters. The highest BCUT2D eigenvalue weighted by Gasteiger charge is 2.26. The van der Waals surface area contributed by atoms with Gasteiger partial charge in [-0.2, -0.15) is 0 Å². The summed E-state index contributed by atoms with van der Waals surface area (Å²) in [6.45, 7) is 7.64. The van der Waals surface area contributed by atoms with E-state index in [1.54, 1.807) is 18.5 Å². The molecule has 9 nitrogen and oxygen atoms in total. The molecule has 0 bridgehead atoms. The third-order valence-electron chi connectivity index (χ3n) is 5.58. The number of aromatic nitrogens is 3. The molecule has 2 amide bonds. The number of piperidine rings is 1. The summed E-state index contributed by atoms with van der Waals surface area (Å²) in [5, 5.41) is 7.49. The number of carbonyl (C=O) groups excluding carboxylic acids is 2. The molecular formula is C24H29N7O2S. The Morgan fingerprint density at radius 2 is 2.00 bits per heavy atom. The third-order valence-corrected chi connectivity index (χ3v) is 6.61. The Labute approximate surface area is 202 Å². The molecule has 1 fully saturated rings. The Morgan fingerprint density at radius 3 is 2.65 bits per heavy atom. The molecule has 10 heteroatoms. The van der Waals surface area contributed by atoms with E-state index in [4.69, 9.17) is 5.73 Å². The monoisotopic (exact) mass is 479 g/mol. The van der Waals surface area contributed by atoms with Gasteiger partial charge in [-0.05, 0) is 37.1 Å². The van der Waals surface area contributed by atoms with Crippen LogP contribution in [0, 0.1) is 0 Å². The molecule has 0 aliphatic carbocycles. The highest BCUT2D eigenvalue weighted by Crippen LogP contribution is 2.34. The number of nitrogens with two attached hydrogens (primary N) is 1. The molecule has 4 heterocycles. The minimum absolute atomic E-state index is 0.0448. The van der Waals surface area contributed by atoms with Crippen LogP contribution in [0.3, 0.4) is 0 Å². The van der Waals surface area contributed by atoms with E-state index in [1.165, 1.54) is 11.3 Å². The molecule has 34 heavy (non-hydrogen) atoms. The topological polar surface area (TPSA) is 126 Å². The number of pyridine rings is 2. The maximum absolute atomic E-state index is 12.8. The second-order valence-electron chi connectivity index (χ2n) is 9.32. The largest absolute Gasteiger partial charge is 0.364 e. The van der Waals surface area contributed by atoms with Gasteiger partial charge in [0.25, 0.3) is 11.8 Å². The first-order valence-corrected chi connectivity index (χ1v) is 12.0. The number of hydrogen-bond acceptors (Lipinski definition) is 8. The Kier molecular flexibility index (Phi) is 6.78. The maximum Gasteiger partial charge on any atom is 0.270 e. The normalized spacial score (nSPS) is 16.2. The number of nitrogens with zero attached hydrogens (tertiary/aromatic N) is 4. The van der Waals surface area contributed by atoms with Gasteiger partial charge in [-0.3, -0.25) is 14.6 Å². The molecule has 0 aromatic carbocycles. The smallest absolute Gasteiger partial charge is 0.270 e. The number of anilines is 3. The zero-order valence-electron chi connectivity index (χ0n) is 19.5. The fraction of sp³-hybridized carbons (Fsp3) is 0.375. The van der Waals surface area contributed by atoms with Crippen molar-refractivity contribution in [2.75, 3.05) is 23.3 Å². The summed E-state index contributed by atoms with van der Waals surface area (Å²) in [5.74, 6) is -0.140. The lowest BCUT2D eigenvalue weighted by molar-refractivity contribution is 0.0932. The molecule has 1 aliphatic rings. The highest BCUT2D eigenvalue weighted by molar-refractivity contribution is 7.20. The molecule has 4 rings (SSSR count). The van der Waals surface area contributed by atoms with Crippen molar-refractivity contribution in [2.24, 2.45) is 5.73 Å². The first-order valence-electron chi connectivity index (χ1n) is 11.2. The van der Waals surface area contributed by atoms with Crippen molar-refractivity contribution in [1.82, 2.24) is 20.3 Å². The SMILES string of the molecule is CC(C)(C)c1ccc(C(=O)NC2CCCN(c3nc(C(N)=O)c(Nc4ccccn4)s3)C2)cn1. The van der Waals surface area contributed by atoms with Gasteiger partial charge in [-0.25, -0.2) is 9.97 Å². The van der Waals surface area contributed by atoms with Crippen molar-refractivity contribution in [3.05, 3.63) is 59.7 Å². The molecule has 1 saturated heterocycles. The number of hydrogen-bond donors (Lipinski definition) is 3. The van der Waals surface area contributed by atoms with E-state index in [0.717, 1.165) is 25.1 Å². The number of amides is 2. The Bertz CT molecular complexity index is 1160. The van der Waals surface area contributed by atoms with Crippen molar-refractivity contribution in [3.63, 3.8) is 0 Å². The second kappa shape index (κ2) is 9.76. The molecule has 178 valence electrons. The van der Waals surface area contributed by atoms with Gasteiger partial charge in [0.2, 0.25) is 0 Å². The zero-order chi connectivity index (χ0) is 24.3. The number of thiazole rings is 1. The van der Waals surface area contributed by atoms with Gasteiger partial charge in [-0.15, -0.1) is 0 Å². The fourth-order valence-electron chi connectivity index (χ4n) is 3.76. The summed E-state index contributed by atoms with van der Waals surface area (Å²) in [7, 11) is 0. The van der Waals surface area contributed by atoms with Crippen LogP contribution in [0.1, 0.15) is 60.2 Å². The van der Waals surface area contributed by atoms with Gasteiger partial charge in [0.15, 0.2) is 10.8 Å². The molecule has 3 aromatic rings. The standard InChI is InChI=1S/C24H29N7O2S/c1-24(2,3)17-10-9-15(13-27-17)21(33)28-16-7-6-12-31(14-16)23-30-19(20(25)32)22(34-23)29-18-8-4-5-11-26-18/h4-5,8-11,13,16H,6-7,12,14H2,1-3H3,(H2,25,32)(H,26,29)(H,28,33). The van der Waals surface area contributed by atoms with E-state index in [-0.39, 0.29) is 23.1 Å². The quantitative estimate of drug-likeness (QED) is 0.494. The fourth-order valence-corrected chi connectivity index (χ4v) is 4.77. The minimum atomic E-state index is -0.603. The van der Waals surface area contributed by atoms with Crippen molar-refractivity contribution in [2.45, 2.75) is 45.1 Å². The molecule has 3 aromatic heterocycles. The van der Waals surface area contributed by atoms with Crippen LogP contribution in [0.5, 0.6) is 0 Å². The predicted molar refractivity (Wildman–Crippen MR) is 134 cm³/mol. The summed E-state index contributed by atoms with van der Waals surface area (Å²) in [6.07, 6.45) is 5.05. The number of primary amides is 1. The summed E-state index contributed by atoms with van der Waals surface area (Å²) >= 11 is 1.35. The first-order chi connectivity index (χ1) is 16.2. The maximum atomic E-state index is 12.8. The van der Waals surface area contributed by atoms with Crippen molar-refractivity contribution in [1.29, 1.82) is 0 Å². The van der Waals surface area contributed by atoms with Crippen molar-refractivity contribution >= 4 is 39.1 Å². The summed E-state index contributed by atoms with van der Waals surface area (Å²) < 4.78 is 0. The van der Waals surface area contributed by atoms with E-state index in [1.807, 2.05) is 24.3 Å². The molecule has 0 radical (unpaired) electrons. The molecule has 0 saturated carbocycles. The lowest BCUT2D eigenvalue weighted by Crippen LogP contribution is -2.47. The Morgan fingerprint density at radius 1 is 1.18 bits per heavy atom. The van der Waals surface area contributed by atoms with Crippen LogP contribution in [0.2, 0.25) is 0 Å². The average Bonchev–Trinajstić information content (AvgIpc) is 3.23. The second-order valence-corrected chi connectivity index (χ2v) is 10.3. The van der Waals surface area contributed by atoms with Crippen LogP contribution in [-0.4, -0.2) is 45.9 Å². The van der Waals surface area contributed by atoms with Crippen LogP contribution in [0.15, 0.2) is 42.7 Å². The molecule has 1 atom stereocenters. The summed E-state index contributed by atoms with van der Waals surface area (Å²) in [6, 6.07) is 9.15. The van der Waals surface area contributed by atoms with Crippen LogP contribution >= 0.6 is 11.3 Å². The molecular weight excluding hydrogens is 450 g/mol. The number of nitrogens with one attached hydrogen (secondary N) is 2. The Balaban J connectivity index is 1.45. The van der Waals surface area contributed by atoms with Crippen molar-refractivity contribution < 1.29 is 9.59 Å². The van der Waals surface area contributed by atoms with Gasteiger partial charge in [0.05, 0.1) is 5.56 Å². The average molecular weight is 480 g/mol. The van der Waals surface area contributed by atoms with E-state index in [0.29, 0.717) is 28.1 Å². The minimum Gasteiger partial charge on any atom is -0.364 e. The molecule has 0 spiro atoms. The van der Waals surface area contributed by atoms with Crippen LogP contribution in [0.4, 0.5) is 16.0 Å². The molecule has 1 aliphatic heterocycles.